The molecular weight excluding hydrogens is 545 g/mol. The van der Waals surface area contributed by atoms with Crippen molar-refractivity contribution in [3.63, 3.8) is 0 Å². The quantitative estimate of drug-likeness (QED) is 0.159. The predicted octanol–water partition coefficient (Wildman–Crippen LogP) is 10.9. The lowest BCUT2D eigenvalue weighted by molar-refractivity contribution is 1.46. The van der Waals surface area contributed by atoms with Gasteiger partial charge in [0, 0.05) is 22.6 Å². The summed E-state index contributed by atoms with van der Waals surface area (Å²) in [7, 11) is 0. The Balaban J connectivity index is 1.28. The number of benzene rings is 4. The molecule has 42 heavy (non-hydrogen) atoms. The van der Waals surface area contributed by atoms with E-state index in [9.17, 15) is 0 Å². The van der Waals surface area contributed by atoms with Crippen LogP contribution in [0.3, 0.4) is 0 Å². The molecule has 0 bridgehead atoms. The standard InChI is InChI=1S/C40H30S2/c41-39-17-9-7-15-35(39)37(33-11-3-1-4-12-33)27-29-19-23-31(24-20-29)32-25-21-30(22-26-32)28-38(34-13-5-2-6-14-34)36-16-8-10-18-40(36)42/h1-16,19-28H,17-18H2. The second-order valence-electron chi connectivity index (χ2n) is 10.4. The van der Waals surface area contributed by atoms with Gasteiger partial charge in [0.2, 0.25) is 0 Å². The summed E-state index contributed by atoms with van der Waals surface area (Å²) in [4.78, 5) is 1.96. The number of hydrogen-bond acceptors (Lipinski definition) is 2. The first-order valence-electron chi connectivity index (χ1n) is 14.2. The minimum atomic E-state index is 0.809. The first kappa shape index (κ1) is 27.7. The Morgan fingerprint density at radius 2 is 0.857 bits per heavy atom. The van der Waals surface area contributed by atoms with Crippen LogP contribution in [-0.2, 0) is 0 Å². The summed E-state index contributed by atoms with van der Waals surface area (Å²) in [6.45, 7) is 0. The molecule has 0 atom stereocenters. The van der Waals surface area contributed by atoms with Crippen molar-refractivity contribution in [2.75, 3.05) is 0 Å². The first-order valence-corrected chi connectivity index (χ1v) is 15.0. The van der Waals surface area contributed by atoms with Gasteiger partial charge in [-0.15, -0.1) is 0 Å². The third kappa shape index (κ3) is 6.36. The molecule has 4 aromatic rings. The van der Waals surface area contributed by atoms with Crippen LogP contribution < -0.4 is 0 Å². The molecule has 0 spiro atoms. The van der Waals surface area contributed by atoms with Crippen LogP contribution in [0.5, 0.6) is 0 Å². The lowest BCUT2D eigenvalue weighted by Crippen LogP contribution is -2.04. The Bertz CT molecular complexity index is 1660. The maximum atomic E-state index is 5.73. The highest BCUT2D eigenvalue weighted by Gasteiger charge is 2.15. The molecule has 2 heteroatoms. The molecular formula is C40H30S2. The molecule has 202 valence electrons. The number of thiocarbonyl (C=S) groups is 2. The number of hydrogen-bond donors (Lipinski definition) is 0. The van der Waals surface area contributed by atoms with Crippen molar-refractivity contribution in [3.8, 4) is 11.1 Å². The molecule has 0 fully saturated rings. The minimum Gasteiger partial charge on any atom is -0.0839 e. The van der Waals surface area contributed by atoms with Crippen molar-refractivity contribution >= 4 is 57.5 Å². The van der Waals surface area contributed by atoms with Crippen molar-refractivity contribution in [2.45, 2.75) is 12.8 Å². The molecule has 0 N–H and O–H groups in total. The second kappa shape index (κ2) is 13.0. The molecule has 2 aliphatic carbocycles. The topological polar surface area (TPSA) is 0 Å². The average molecular weight is 575 g/mol. The van der Waals surface area contributed by atoms with Gasteiger partial charge in [-0.05, 0) is 67.8 Å². The Labute approximate surface area is 259 Å². The van der Waals surface area contributed by atoms with Crippen LogP contribution in [0.25, 0.3) is 34.4 Å². The molecule has 0 nitrogen and oxygen atoms in total. The van der Waals surface area contributed by atoms with E-state index in [-0.39, 0.29) is 0 Å². The lowest BCUT2D eigenvalue weighted by Gasteiger charge is -2.16. The fourth-order valence-electron chi connectivity index (χ4n) is 5.31. The van der Waals surface area contributed by atoms with E-state index in [1.54, 1.807) is 0 Å². The van der Waals surface area contributed by atoms with Crippen molar-refractivity contribution in [1.29, 1.82) is 0 Å². The van der Waals surface area contributed by atoms with Crippen LogP contribution in [0.15, 0.2) is 157 Å². The SMILES string of the molecule is S=C1CC=CC=C1C(=Cc1ccc(-c2ccc(C=C(C3=CC=CCC3=S)c3ccccc3)cc2)cc1)c1ccccc1. The second-order valence-corrected chi connectivity index (χ2v) is 11.3. The summed E-state index contributed by atoms with van der Waals surface area (Å²) in [6.07, 6.45) is 18.8. The van der Waals surface area contributed by atoms with Crippen LogP contribution in [0.2, 0.25) is 0 Å². The molecule has 0 aromatic heterocycles. The van der Waals surface area contributed by atoms with Gasteiger partial charge in [-0.25, -0.2) is 0 Å². The van der Waals surface area contributed by atoms with E-state index in [2.05, 4.69) is 146 Å². The van der Waals surface area contributed by atoms with E-state index in [4.69, 9.17) is 24.4 Å². The Hall–Kier alpha value is -4.50. The molecule has 0 unspecified atom stereocenters. The minimum absolute atomic E-state index is 0.809. The van der Waals surface area contributed by atoms with Gasteiger partial charge < -0.3 is 0 Å². The van der Waals surface area contributed by atoms with Crippen molar-refractivity contribution in [1.82, 2.24) is 0 Å². The summed E-state index contributed by atoms with van der Waals surface area (Å²) in [5.41, 5.74) is 11.6. The van der Waals surface area contributed by atoms with Gasteiger partial charge in [-0.3, -0.25) is 0 Å². The summed E-state index contributed by atoms with van der Waals surface area (Å²) < 4.78 is 0. The van der Waals surface area contributed by atoms with Gasteiger partial charge in [0.05, 0.1) is 0 Å². The third-order valence-electron chi connectivity index (χ3n) is 7.53. The first-order chi connectivity index (χ1) is 20.7. The highest BCUT2D eigenvalue weighted by Crippen LogP contribution is 2.32. The molecule has 0 heterocycles. The highest BCUT2D eigenvalue weighted by atomic mass is 32.1. The molecule has 2 aliphatic rings. The predicted molar refractivity (Wildman–Crippen MR) is 189 cm³/mol. The van der Waals surface area contributed by atoms with Crippen molar-refractivity contribution < 1.29 is 0 Å². The largest absolute Gasteiger partial charge is 0.0839 e. The lowest BCUT2D eigenvalue weighted by atomic mass is 9.89. The summed E-state index contributed by atoms with van der Waals surface area (Å²) in [5, 5.41) is 0. The Kier molecular flexibility index (Phi) is 8.56. The molecule has 4 aromatic carbocycles. The van der Waals surface area contributed by atoms with E-state index in [1.807, 2.05) is 12.1 Å². The number of allylic oxidation sites excluding steroid dienone is 10. The monoisotopic (exact) mass is 574 g/mol. The molecule has 6 rings (SSSR count). The van der Waals surface area contributed by atoms with Gasteiger partial charge >= 0.3 is 0 Å². The smallest absolute Gasteiger partial charge is 0.0268 e. The maximum Gasteiger partial charge on any atom is 0.0268 e. The zero-order valence-corrected chi connectivity index (χ0v) is 24.9. The van der Waals surface area contributed by atoms with Crippen LogP contribution >= 0.6 is 24.4 Å². The summed E-state index contributed by atoms with van der Waals surface area (Å²) in [5.74, 6) is 0. The maximum absolute atomic E-state index is 5.73. The Morgan fingerprint density at radius 3 is 1.21 bits per heavy atom. The summed E-state index contributed by atoms with van der Waals surface area (Å²) >= 11 is 11.5. The van der Waals surface area contributed by atoms with Gasteiger partial charge in [-0.2, -0.15) is 0 Å². The third-order valence-corrected chi connectivity index (χ3v) is 8.31. The molecule has 0 amide bonds. The fraction of sp³-hybridized carbons (Fsp3) is 0.0500. The highest BCUT2D eigenvalue weighted by molar-refractivity contribution is 7.81. The van der Waals surface area contributed by atoms with Gasteiger partial charge in [0.1, 0.15) is 0 Å². The Morgan fingerprint density at radius 1 is 0.476 bits per heavy atom. The zero-order chi connectivity index (χ0) is 28.7. The average Bonchev–Trinajstić information content (AvgIpc) is 3.05. The number of rotatable bonds is 7. The normalized spacial score (nSPS) is 15.4. The van der Waals surface area contributed by atoms with E-state index < -0.39 is 0 Å². The summed E-state index contributed by atoms with van der Waals surface area (Å²) in [6, 6.07) is 38.5. The van der Waals surface area contributed by atoms with Gasteiger partial charge in [0.25, 0.3) is 0 Å². The van der Waals surface area contributed by atoms with E-state index in [1.165, 1.54) is 22.3 Å². The molecule has 0 radical (unpaired) electrons. The van der Waals surface area contributed by atoms with Crippen LogP contribution in [0.4, 0.5) is 0 Å². The van der Waals surface area contributed by atoms with E-state index in [0.717, 1.165) is 56.0 Å². The van der Waals surface area contributed by atoms with Crippen molar-refractivity contribution in [3.05, 3.63) is 179 Å². The molecule has 0 aliphatic heterocycles. The van der Waals surface area contributed by atoms with Gasteiger partial charge in [-0.1, -0.05) is 170 Å². The fourth-order valence-corrected chi connectivity index (χ4v) is 5.86. The van der Waals surface area contributed by atoms with Gasteiger partial charge in [0.15, 0.2) is 0 Å². The van der Waals surface area contributed by atoms with Crippen molar-refractivity contribution in [2.24, 2.45) is 0 Å². The molecule has 0 saturated heterocycles. The van der Waals surface area contributed by atoms with Crippen LogP contribution in [-0.4, -0.2) is 9.73 Å². The zero-order valence-electron chi connectivity index (χ0n) is 23.2. The van der Waals surface area contributed by atoms with E-state index >= 15 is 0 Å². The van der Waals surface area contributed by atoms with Crippen LogP contribution in [0.1, 0.15) is 35.1 Å². The van der Waals surface area contributed by atoms with E-state index in [0.29, 0.717) is 0 Å². The van der Waals surface area contributed by atoms with Crippen LogP contribution in [0, 0.1) is 0 Å². The molecule has 0 saturated carbocycles.